The van der Waals surface area contributed by atoms with E-state index < -0.39 is 11.6 Å². The molecule has 0 unspecified atom stereocenters. The molecular weight excluding hydrogens is 308 g/mol. The summed E-state index contributed by atoms with van der Waals surface area (Å²) in [6, 6.07) is 11.7. The topological polar surface area (TPSA) is 29.9 Å². The van der Waals surface area contributed by atoms with E-state index in [1.807, 2.05) is 24.3 Å². The van der Waals surface area contributed by atoms with Gasteiger partial charge >= 0.3 is 0 Å². The van der Waals surface area contributed by atoms with Crippen LogP contribution in [0.4, 0.5) is 20.2 Å². The van der Waals surface area contributed by atoms with E-state index in [1.165, 1.54) is 25.0 Å². The molecule has 1 aromatic heterocycles. The molecule has 0 amide bonds. The average molecular weight is 325 g/mol. The van der Waals surface area contributed by atoms with Gasteiger partial charge in [0.05, 0.1) is 11.4 Å². The van der Waals surface area contributed by atoms with E-state index in [2.05, 4.69) is 16.1 Å². The van der Waals surface area contributed by atoms with Gasteiger partial charge in [-0.05, 0) is 37.1 Å². The lowest BCUT2D eigenvalue weighted by atomic mass is 10.1. The van der Waals surface area contributed by atoms with Crippen molar-refractivity contribution in [2.24, 2.45) is 0 Å². The van der Waals surface area contributed by atoms with Gasteiger partial charge in [0.25, 0.3) is 0 Å². The lowest BCUT2D eigenvalue weighted by Crippen LogP contribution is -2.08. The van der Waals surface area contributed by atoms with Gasteiger partial charge in [0.1, 0.15) is 5.82 Å². The van der Waals surface area contributed by atoms with E-state index >= 15 is 0 Å². The average Bonchev–Trinajstić information content (AvgIpc) is 3.04. The van der Waals surface area contributed by atoms with Crippen molar-refractivity contribution in [2.75, 3.05) is 5.32 Å². The van der Waals surface area contributed by atoms with Crippen LogP contribution in [0.5, 0.6) is 0 Å². The van der Waals surface area contributed by atoms with Crippen LogP contribution in [0.15, 0.2) is 48.7 Å². The lowest BCUT2D eigenvalue weighted by Gasteiger charge is -2.11. The van der Waals surface area contributed by atoms with Crippen molar-refractivity contribution in [2.45, 2.75) is 25.8 Å². The number of nitrogens with one attached hydrogen (secondary N) is 1. The molecule has 1 aliphatic rings. The Kier molecular flexibility index (Phi) is 3.76. The summed E-state index contributed by atoms with van der Waals surface area (Å²) in [6.07, 6.45) is 5.50. The van der Waals surface area contributed by atoms with Gasteiger partial charge in [-0.2, -0.15) is 0 Å². The molecule has 1 aliphatic heterocycles. The van der Waals surface area contributed by atoms with Crippen molar-refractivity contribution < 1.29 is 8.78 Å². The van der Waals surface area contributed by atoms with Crippen LogP contribution in [0, 0.1) is 11.6 Å². The molecule has 2 heterocycles. The Bertz CT molecular complexity index is 845. The van der Waals surface area contributed by atoms with E-state index in [9.17, 15) is 8.78 Å². The SMILES string of the molecule is Fc1cccc(Nc2ccc(-c3cn4c(n3)CCCC4)cc2)c1F. The van der Waals surface area contributed by atoms with Crippen molar-refractivity contribution in [3.05, 3.63) is 66.1 Å². The quantitative estimate of drug-likeness (QED) is 0.741. The first-order valence-electron chi connectivity index (χ1n) is 8.08. The van der Waals surface area contributed by atoms with Crippen molar-refractivity contribution in [3.8, 4) is 11.3 Å². The number of halogens is 2. The van der Waals surface area contributed by atoms with Crippen LogP contribution >= 0.6 is 0 Å². The van der Waals surface area contributed by atoms with Crippen LogP contribution in [0.25, 0.3) is 11.3 Å². The zero-order chi connectivity index (χ0) is 16.5. The number of aromatic nitrogens is 2. The molecule has 1 N–H and O–H groups in total. The summed E-state index contributed by atoms with van der Waals surface area (Å²) in [7, 11) is 0. The van der Waals surface area contributed by atoms with Crippen LogP contribution in [0.1, 0.15) is 18.7 Å². The predicted octanol–water partition coefficient (Wildman–Crippen LogP) is 4.91. The highest BCUT2D eigenvalue weighted by molar-refractivity contribution is 5.66. The molecule has 0 fully saturated rings. The maximum absolute atomic E-state index is 13.7. The zero-order valence-corrected chi connectivity index (χ0v) is 13.1. The minimum absolute atomic E-state index is 0.125. The smallest absolute Gasteiger partial charge is 0.182 e. The molecule has 3 aromatic rings. The largest absolute Gasteiger partial charge is 0.353 e. The van der Waals surface area contributed by atoms with E-state index in [4.69, 9.17) is 4.98 Å². The third-order valence-corrected chi connectivity index (χ3v) is 4.32. The Balaban J connectivity index is 1.56. The first-order valence-corrected chi connectivity index (χ1v) is 8.08. The van der Waals surface area contributed by atoms with Crippen molar-refractivity contribution in [3.63, 3.8) is 0 Å². The molecule has 0 radical (unpaired) electrons. The molecule has 5 heteroatoms. The number of hydrogen-bond donors (Lipinski definition) is 1. The maximum atomic E-state index is 13.7. The summed E-state index contributed by atoms with van der Waals surface area (Å²) in [5.74, 6) is -0.594. The summed E-state index contributed by atoms with van der Waals surface area (Å²) in [4.78, 5) is 4.69. The van der Waals surface area contributed by atoms with E-state index in [1.54, 1.807) is 0 Å². The summed E-state index contributed by atoms with van der Waals surface area (Å²) in [5, 5.41) is 2.90. The number of anilines is 2. The molecule has 122 valence electrons. The highest BCUT2D eigenvalue weighted by Gasteiger charge is 2.13. The summed E-state index contributed by atoms with van der Waals surface area (Å²) in [6.45, 7) is 1.03. The van der Waals surface area contributed by atoms with Gasteiger partial charge in [-0.25, -0.2) is 13.8 Å². The van der Waals surface area contributed by atoms with Crippen LogP contribution in [0.2, 0.25) is 0 Å². The number of imidazole rings is 1. The molecule has 0 spiro atoms. The van der Waals surface area contributed by atoms with Crippen molar-refractivity contribution in [1.29, 1.82) is 0 Å². The minimum Gasteiger partial charge on any atom is -0.353 e. The lowest BCUT2D eigenvalue weighted by molar-refractivity contribution is 0.512. The van der Waals surface area contributed by atoms with Crippen LogP contribution in [-0.2, 0) is 13.0 Å². The summed E-state index contributed by atoms with van der Waals surface area (Å²) < 4.78 is 29.2. The molecule has 0 saturated heterocycles. The third-order valence-electron chi connectivity index (χ3n) is 4.32. The summed E-state index contributed by atoms with van der Waals surface area (Å²) in [5.41, 5.74) is 2.80. The second-order valence-corrected chi connectivity index (χ2v) is 6.00. The van der Waals surface area contributed by atoms with E-state index in [0.29, 0.717) is 5.69 Å². The Morgan fingerprint density at radius 1 is 1.00 bits per heavy atom. The van der Waals surface area contributed by atoms with Crippen LogP contribution in [0.3, 0.4) is 0 Å². The molecule has 3 nitrogen and oxygen atoms in total. The number of nitrogens with zero attached hydrogens (tertiary/aromatic N) is 2. The second kappa shape index (κ2) is 6.07. The molecular formula is C19H17F2N3. The van der Waals surface area contributed by atoms with Crippen molar-refractivity contribution >= 4 is 11.4 Å². The van der Waals surface area contributed by atoms with E-state index in [0.717, 1.165) is 36.1 Å². The standard InChI is InChI=1S/C19H17F2N3/c20-15-4-3-5-16(19(15)21)22-14-9-7-13(8-10-14)17-12-24-11-2-1-6-18(24)23-17/h3-5,7-10,12,22H,1-2,6,11H2. The molecule has 0 bridgehead atoms. The monoisotopic (exact) mass is 325 g/mol. The first kappa shape index (κ1) is 14.9. The fraction of sp³-hybridized carbons (Fsp3) is 0.211. The Labute approximate surface area is 139 Å². The molecule has 0 atom stereocenters. The highest BCUT2D eigenvalue weighted by atomic mass is 19.2. The van der Waals surface area contributed by atoms with Crippen molar-refractivity contribution in [1.82, 2.24) is 9.55 Å². The molecule has 2 aromatic carbocycles. The van der Waals surface area contributed by atoms with E-state index in [-0.39, 0.29) is 5.69 Å². The number of benzene rings is 2. The van der Waals surface area contributed by atoms with Gasteiger partial charge in [-0.15, -0.1) is 0 Å². The molecule has 4 rings (SSSR count). The molecule has 0 saturated carbocycles. The van der Waals surface area contributed by atoms with Gasteiger partial charge < -0.3 is 9.88 Å². The Morgan fingerprint density at radius 3 is 2.62 bits per heavy atom. The van der Waals surface area contributed by atoms with Crippen LogP contribution in [-0.4, -0.2) is 9.55 Å². The highest BCUT2D eigenvalue weighted by Crippen LogP contribution is 2.26. The van der Waals surface area contributed by atoms with Gasteiger partial charge in [-0.3, -0.25) is 0 Å². The van der Waals surface area contributed by atoms with Crippen LogP contribution < -0.4 is 5.32 Å². The zero-order valence-electron chi connectivity index (χ0n) is 13.1. The Hall–Kier alpha value is -2.69. The Morgan fingerprint density at radius 2 is 1.83 bits per heavy atom. The third kappa shape index (κ3) is 2.77. The fourth-order valence-corrected chi connectivity index (χ4v) is 3.03. The molecule has 0 aliphatic carbocycles. The number of hydrogen-bond acceptors (Lipinski definition) is 2. The van der Waals surface area contributed by atoms with Gasteiger partial charge in [0.2, 0.25) is 0 Å². The first-order chi connectivity index (χ1) is 11.7. The number of aryl methyl sites for hydroxylation is 2. The normalized spacial score (nSPS) is 13.6. The number of fused-ring (bicyclic) bond motifs is 1. The summed E-state index contributed by atoms with van der Waals surface area (Å²) >= 11 is 0. The second-order valence-electron chi connectivity index (χ2n) is 6.00. The van der Waals surface area contributed by atoms with Gasteiger partial charge in [0, 0.05) is 30.4 Å². The maximum Gasteiger partial charge on any atom is 0.182 e. The minimum atomic E-state index is -0.872. The van der Waals surface area contributed by atoms with Gasteiger partial charge in [0.15, 0.2) is 11.6 Å². The predicted molar refractivity (Wildman–Crippen MR) is 90.2 cm³/mol. The fourth-order valence-electron chi connectivity index (χ4n) is 3.03. The van der Waals surface area contributed by atoms with Gasteiger partial charge in [-0.1, -0.05) is 18.2 Å². The molecule has 24 heavy (non-hydrogen) atoms. The number of rotatable bonds is 3.